The van der Waals surface area contributed by atoms with E-state index in [1.54, 1.807) is 80.8 Å². The summed E-state index contributed by atoms with van der Waals surface area (Å²) in [5.41, 5.74) is 2.85. The molecule has 0 radical (unpaired) electrons. The Bertz CT molecular complexity index is 1640. The summed E-state index contributed by atoms with van der Waals surface area (Å²) in [6.45, 7) is 1.88. The summed E-state index contributed by atoms with van der Waals surface area (Å²) < 4.78 is 31.2. The normalized spacial score (nSPS) is 10.7. The summed E-state index contributed by atoms with van der Waals surface area (Å²) in [5.74, 6) is -0.541. The smallest absolute Gasteiger partial charge is 0.358 e. The van der Waals surface area contributed by atoms with Gasteiger partial charge in [-0.05, 0) is 67.6 Å². The quantitative estimate of drug-likeness (QED) is 0.256. The first-order valence-electron chi connectivity index (χ1n) is 12.0. The number of carbonyl (C=O) groups is 2. The van der Waals surface area contributed by atoms with Crippen LogP contribution in [-0.4, -0.2) is 40.4 Å². The first-order chi connectivity index (χ1) is 19.0. The fourth-order valence-corrected chi connectivity index (χ4v) is 4.00. The zero-order valence-electron chi connectivity index (χ0n) is 21.1. The molecule has 0 spiro atoms. The molecule has 3 aromatic carbocycles. The Balaban J connectivity index is 1.46. The maximum absolute atomic E-state index is 14.0. The lowest BCUT2D eigenvalue weighted by Gasteiger charge is -2.10. The number of rotatable bonds is 8. The number of hydrogen-bond acceptors (Lipinski definition) is 7. The molecule has 2 aromatic heterocycles. The second kappa shape index (κ2) is 11.0. The van der Waals surface area contributed by atoms with Gasteiger partial charge in [0, 0.05) is 16.8 Å². The van der Waals surface area contributed by atoms with Gasteiger partial charge in [-0.1, -0.05) is 18.2 Å². The molecular weight excluding hydrogens is 503 g/mol. The molecule has 0 unspecified atom stereocenters. The minimum absolute atomic E-state index is 0.0669. The van der Waals surface area contributed by atoms with Gasteiger partial charge in [-0.3, -0.25) is 4.79 Å². The Kier molecular flexibility index (Phi) is 7.17. The summed E-state index contributed by atoms with van der Waals surface area (Å²) in [6.07, 6.45) is 1.21. The molecule has 0 saturated carbocycles. The predicted octanol–water partition coefficient (Wildman–Crippen LogP) is 5.77. The van der Waals surface area contributed by atoms with Gasteiger partial charge in [0.1, 0.15) is 11.6 Å². The van der Waals surface area contributed by atoms with Crippen molar-refractivity contribution in [3.05, 3.63) is 102 Å². The number of oxazole rings is 1. The Labute approximate surface area is 222 Å². The highest BCUT2D eigenvalue weighted by Crippen LogP contribution is 2.29. The van der Waals surface area contributed by atoms with E-state index in [1.165, 1.54) is 23.2 Å². The molecule has 39 heavy (non-hydrogen) atoms. The maximum Gasteiger partial charge on any atom is 0.358 e. The van der Waals surface area contributed by atoms with Crippen molar-refractivity contribution >= 4 is 17.6 Å². The van der Waals surface area contributed by atoms with Crippen molar-refractivity contribution in [2.45, 2.75) is 6.92 Å². The van der Waals surface area contributed by atoms with E-state index < -0.39 is 17.7 Å². The number of carbonyl (C=O) groups excluding carboxylic acids is 2. The molecule has 0 aliphatic carbocycles. The molecule has 10 heteroatoms. The minimum atomic E-state index is -0.601. The first kappa shape index (κ1) is 25.4. The highest BCUT2D eigenvalue weighted by molar-refractivity contribution is 6.06. The molecular formula is C29H23FN4O5. The largest absolute Gasteiger partial charge is 0.497 e. The Hall–Kier alpha value is -5.25. The maximum atomic E-state index is 14.0. The van der Waals surface area contributed by atoms with Crippen LogP contribution in [0.1, 0.15) is 27.9 Å². The summed E-state index contributed by atoms with van der Waals surface area (Å²) in [5, 5.41) is 7.20. The summed E-state index contributed by atoms with van der Waals surface area (Å²) in [6, 6.07) is 21.4. The molecule has 196 valence electrons. The van der Waals surface area contributed by atoms with Crippen LogP contribution < -0.4 is 10.1 Å². The van der Waals surface area contributed by atoms with Crippen LogP contribution in [0.4, 0.5) is 10.1 Å². The molecule has 2 heterocycles. The molecule has 5 rings (SSSR count). The molecule has 0 bridgehead atoms. The van der Waals surface area contributed by atoms with Crippen LogP contribution in [0.15, 0.2) is 89.7 Å². The monoisotopic (exact) mass is 526 g/mol. The number of aromatic nitrogens is 3. The lowest BCUT2D eigenvalue weighted by Crippen LogP contribution is -2.13. The van der Waals surface area contributed by atoms with E-state index in [0.717, 1.165) is 0 Å². The van der Waals surface area contributed by atoms with Crippen LogP contribution >= 0.6 is 0 Å². The number of halogens is 1. The van der Waals surface area contributed by atoms with Gasteiger partial charge in [0.2, 0.25) is 0 Å². The van der Waals surface area contributed by atoms with Gasteiger partial charge in [0.05, 0.1) is 25.1 Å². The zero-order chi connectivity index (χ0) is 27.4. The van der Waals surface area contributed by atoms with Crippen LogP contribution in [0, 0.1) is 5.82 Å². The van der Waals surface area contributed by atoms with E-state index >= 15 is 0 Å². The summed E-state index contributed by atoms with van der Waals surface area (Å²) in [7, 11) is 1.57. The van der Waals surface area contributed by atoms with Gasteiger partial charge < -0.3 is 19.2 Å². The first-order valence-corrected chi connectivity index (χ1v) is 12.0. The van der Waals surface area contributed by atoms with Gasteiger partial charge in [0.25, 0.3) is 5.91 Å². The summed E-state index contributed by atoms with van der Waals surface area (Å²) in [4.78, 5) is 29.7. The third kappa shape index (κ3) is 5.40. The van der Waals surface area contributed by atoms with Crippen molar-refractivity contribution in [3.63, 3.8) is 0 Å². The van der Waals surface area contributed by atoms with Crippen molar-refractivity contribution in [2.24, 2.45) is 0 Å². The number of nitrogens with zero attached hydrogens (tertiary/aromatic N) is 3. The van der Waals surface area contributed by atoms with Crippen molar-refractivity contribution in [3.8, 4) is 34.0 Å². The fraction of sp³-hybridized carbons (Fsp3) is 0.103. The van der Waals surface area contributed by atoms with Crippen molar-refractivity contribution in [2.75, 3.05) is 19.0 Å². The summed E-state index contributed by atoms with van der Waals surface area (Å²) >= 11 is 0. The SMILES string of the molecule is CCOC(=O)c1cc(-c2cccc(NC(=O)c3ncoc3-c3ccc(OC)cc3)c2)n(-c2cccc(F)c2)n1. The molecule has 0 atom stereocenters. The number of nitrogens with one attached hydrogen (secondary N) is 1. The van der Waals surface area contributed by atoms with E-state index in [-0.39, 0.29) is 18.0 Å². The standard InChI is InChI=1S/C29H23FN4O5/c1-3-38-29(36)24-16-25(34(33-24)22-9-5-7-20(30)15-22)19-6-4-8-21(14-19)32-28(35)26-27(39-17-31-26)18-10-12-23(37-2)13-11-18/h4-17H,3H2,1-2H3,(H,32,35). The molecule has 0 aliphatic rings. The fourth-order valence-electron chi connectivity index (χ4n) is 4.00. The van der Waals surface area contributed by atoms with Crippen molar-refractivity contribution in [1.29, 1.82) is 0 Å². The minimum Gasteiger partial charge on any atom is -0.497 e. The topological polar surface area (TPSA) is 108 Å². The lowest BCUT2D eigenvalue weighted by molar-refractivity contribution is 0.0518. The molecule has 1 amide bonds. The number of benzene rings is 3. The number of ether oxygens (including phenoxy) is 2. The van der Waals surface area contributed by atoms with Crippen LogP contribution in [0.5, 0.6) is 5.75 Å². The zero-order valence-corrected chi connectivity index (χ0v) is 21.1. The van der Waals surface area contributed by atoms with Gasteiger partial charge in [0.15, 0.2) is 23.5 Å². The number of hydrogen-bond donors (Lipinski definition) is 1. The van der Waals surface area contributed by atoms with Crippen LogP contribution in [0.3, 0.4) is 0 Å². The van der Waals surface area contributed by atoms with Crippen molar-refractivity contribution in [1.82, 2.24) is 14.8 Å². The van der Waals surface area contributed by atoms with E-state index in [9.17, 15) is 14.0 Å². The molecule has 0 saturated heterocycles. The highest BCUT2D eigenvalue weighted by Gasteiger charge is 2.21. The van der Waals surface area contributed by atoms with E-state index in [4.69, 9.17) is 13.9 Å². The molecule has 1 N–H and O–H groups in total. The second-order valence-electron chi connectivity index (χ2n) is 8.32. The van der Waals surface area contributed by atoms with Crippen LogP contribution in [0.25, 0.3) is 28.3 Å². The van der Waals surface area contributed by atoms with E-state index in [2.05, 4.69) is 15.4 Å². The predicted molar refractivity (Wildman–Crippen MR) is 141 cm³/mol. The van der Waals surface area contributed by atoms with Gasteiger partial charge in [-0.2, -0.15) is 5.10 Å². The highest BCUT2D eigenvalue weighted by atomic mass is 19.1. The van der Waals surface area contributed by atoms with Crippen LogP contribution in [-0.2, 0) is 4.74 Å². The lowest BCUT2D eigenvalue weighted by atomic mass is 10.1. The Morgan fingerprint density at radius 1 is 1.00 bits per heavy atom. The molecule has 9 nitrogen and oxygen atoms in total. The number of anilines is 1. The number of amides is 1. The number of methoxy groups -OCH3 is 1. The van der Waals surface area contributed by atoms with E-state index in [0.29, 0.717) is 39.7 Å². The van der Waals surface area contributed by atoms with Gasteiger partial charge in [-0.25, -0.2) is 18.9 Å². The second-order valence-corrected chi connectivity index (χ2v) is 8.32. The van der Waals surface area contributed by atoms with Crippen LogP contribution in [0.2, 0.25) is 0 Å². The Morgan fingerprint density at radius 3 is 2.54 bits per heavy atom. The molecule has 5 aromatic rings. The van der Waals surface area contributed by atoms with Gasteiger partial charge in [-0.15, -0.1) is 0 Å². The third-order valence-electron chi connectivity index (χ3n) is 5.80. The van der Waals surface area contributed by atoms with Crippen molar-refractivity contribution < 1.29 is 27.9 Å². The molecule has 0 aliphatic heterocycles. The average molecular weight is 527 g/mol. The van der Waals surface area contributed by atoms with E-state index in [1.807, 2.05) is 0 Å². The Morgan fingerprint density at radius 2 is 1.79 bits per heavy atom. The number of esters is 1. The molecule has 0 fully saturated rings. The third-order valence-corrected chi connectivity index (χ3v) is 5.80. The average Bonchev–Trinajstić information content (AvgIpc) is 3.62. The van der Waals surface area contributed by atoms with Gasteiger partial charge >= 0.3 is 5.97 Å².